The molecule has 0 bridgehead atoms. The fourth-order valence-electron chi connectivity index (χ4n) is 2.47. The third-order valence-corrected chi connectivity index (χ3v) is 3.54. The third-order valence-electron chi connectivity index (χ3n) is 3.54. The first kappa shape index (κ1) is 14.2. The number of carbonyl (C=O) groups excluding carboxylic acids is 1. The number of carbonyl (C=O) groups is 1. The van der Waals surface area contributed by atoms with Crippen LogP contribution in [-0.4, -0.2) is 44.9 Å². The molecule has 1 saturated heterocycles. The number of fused-ring (bicyclic) bond motifs is 1. The second kappa shape index (κ2) is 6.78. The maximum Gasteiger partial charge on any atom is 0.238 e. The van der Waals surface area contributed by atoms with Crippen molar-refractivity contribution in [3.63, 3.8) is 0 Å². The summed E-state index contributed by atoms with van der Waals surface area (Å²) in [4.78, 5) is 11.9. The van der Waals surface area contributed by atoms with Crippen LogP contribution in [0.1, 0.15) is 12.8 Å². The summed E-state index contributed by atoms with van der Waals surface area (Å²) in [6.07, 6.45) is 2.10. The Morgan fingerprint density at radius 2 is 2.05 bits per heavy atom. The highest BCUT2D eigenvalue weighted by Gasteiger charge is 2.15. The van der Waals surface area contributed by atoms with Gasteiger partial charge in [0, 0.05) is 24.4 Å². The van der Waals surface area contributed by atoms with Crippen molar-refractivity contribution in [1.82, 2.24) is 5.32 Å². The topological polar surface area (TPSA) is 68.8 Å². The Bertz CT molecular complexity index is 500. The van der Waals surface area contributed by atoms with Crippen LogP contribution in [0.15, 0.2) is 18.2 Å². The first-order chi connectivity index (χ1) is 10.3. The van der Waals surface area contributed by atoms with E-state index >= 15 is 0 Å². The number of hydrogen-bond acceptors (Lipinski definition) is 5. The van der Waals surface area contributed by atoms with Crippen molar-refractivity contribution in [3.05, 3.63) is 18.2 Å². The third kappa shape index (κ3) is 3.86. The number of benzene rings is 1. The lowest BCUT2D eigenvalue weighted by Crippen LogP contribution is -2.41. The van der Waals surface area contributed by atoms with E-state index in [9.17, 15) is 4.79 Å². The van der Waals surface area contributed by atoms with Crippen LogP contribution in [0.3, 0.4) is 0 Å². The molecule has 1 unspecified atom stereocenters. The molecule has 114 valence electrons. The quantitative estimate of drug-likeness (QED) is 0.872. The Morgan fingerprint density at radius 3 is 2.86 bits per heavy atom. The number of ether oxygens (including phenoxy) is 3. The van der Waals surface area contributed by atoms with Gasteiger partial charge in [0.2, 0.25) is 5.91 Å². The van der Waals surface area contributed by atoms with Gasteiger partial charge >= 0.3 is 0 Å². The normalized spacial score (nSPS) is 20.9. The van der Waals surface area contributed by atoms with Gasteiger partial charge in [-0.1, -0.05) is 0 Å². The summed E-state index contributed by atoms with van der Waals surface area (Å²) < 4.78 is 16.3. The zero-order chi connectivity index (χ0) is 14.5. The lowest BCUT2D eigenvalue weighted by atomic mass is 10.1. The van der Waals surface area contributed by atoms with Crippen LogP contribution in [0.25, 0.3) is 0 Å². The molecule has 2 N–H and O–H groups in total. The van der Waals surface area contributed by atoms with Crippen molar-refractivity contribution in [3.8, 4) is 11.5 Å². The van der Waals surface area contributed by atoms with Crippen molar-refractivity contribution in [1.29, 1.82) is 0 Å². The fourth-order valence-corrected chi connectivity index (χ4v) is 2.47. The highest BCUT2D eigenvalue weighted by Crippen LogP contribution is 2.32. The van der Waals surface area contributed by atoms with E-state index < -0.39 is 0 Å². The van der Waals surface area contributed by atoms with Gasteiger partial charge in [-0.3, -0.25) is 4.79 Å². The van der Waals surface area contributed by atoms with E-state index in [1.807, 2.05) is 12.1 Å². The molecule has 1 atom stereocenters. The van der Waals surface area contributed by atoms with Crippen molar-refractivity contribution in [2.45, 2.75) is 18.9 Å². The molecule has 1 amide bonds. The molecule has 0 saturated carbocycles. The Hall–Kier alpha value is -1.79. The summed E-state index contributed by atoms with van der Waals surface area (Å²) in [6, 6.07) is 5.68. The molecule has 0 radical (unpaired) electrons. The van der Waals surface area contributed by atoms with E-state index in [1.54, 1.807) is 6.07 Å². The molecule has 1 fully saturated rings. The molecule has 0 aliphatic carbocycles. The van der Waals surface area contributed by atoms with Crippen LogP contribution in [0.5, 0.6) is 11.5 Å². The van der Waals surface area contributed by atoms with E-state index in [0.717, 1.165) is 25.2 Å². The first-order valence-electron chi connectivity index (χ1n) is 7.32. The lowest BCUT2D eigenvalue weighted by Gasteiger charge is -2.23. The molecule has 6 nitrogen and oxygen atoms in total. The van der Waals surface area contributed by atoms with Gasteiger partial charge in [-0.2, -0.15) is 0 Å². The van der Waals surface area contributed by atoms with Gasteiger partial charge < -0.3 is 24.8 Å². The average molecular weight is 292 g/mol. The standard InChI is InChI=1S/C15H20N2O4/c18-15(9-16-12-2-1-5-19-10-12)17-11-3-4-13-14(8-11)21-7-6-20-13/h3-4,8,12,16H,1-2,5-7,9-10H2,(H,17,18). The van der Waals surface area contributed by atoms with Crippen LogP contribution in [-0.2, 0) is 9.53 Å². The second-order valence-electron chi connectivity index (χ2n) is 5.20. The van der Waals surface area contributed by atoms with E-state index in [2.05, 4.69) is 10.6 Å². The molecule has 0 aromatic heterocycles. The van der Waals surface area contributed by atoms with Crippen LogP contribution < -0.4 is 20.1 Å². The zero-order valence-electron chi connectivity index (χ0n) is 11.9. The Morgan fingerprint density at radius 1 is 1.19 bits per heavy atom. The number of amides is 1. The smallest absolute Gasteiger partial charge is 0.238 e. The highest BCUT2D eigenvalue weighted by molar-refractivity contribution is 5.92. The van der Waals surface area contributed by atoms with Crippen LogP contribution in [0.2, 0.25) is 0 Å². The largest absolute Gasteiger partial charge is 0.486 e. The molecule has 2 aliphatic rings. The highest BCUT2D eigenvalue weighted by atomic mass is 16.6. The second-order valence-corrected chi connectivity index (χ2v) is 5.20. The summed E-state index contributed by atoms with van der Waals surface area (Å²) in [5.74, 6) is 1.32. The lowest BCUT2D eigenvalue weighted by molar-refractivity contribution is -0.115. The minimum Gasteiger partial charge on any atom is -0.486 e. The van der Waals surface area contributed by atoms with Gasteiger partial charge in [0.25, 0.3) is 0 Å². The molecule has 6 heteroatoms. The number of rotatable bonds is 4. The summed E-state index contributed by atoms with van der Waals surface area (Å²) in [5, 5.41) is 6.06. The number of anilines is 1. The minimum absolute atomic E-state index is 0.0720. The van der Waals surface area contributed by atoms with Gasteiger partial charge in [0.15, 0.2) is 11.5 Å². The van der Waals surface area contributed by atoms with Gasteiger partial charge in [0.1, 0.15) is 13.2 Å². The molecule has 1 aromatic carbocycles. The Kier molecular flexibility index (Phi) is 4.57. The van der Waals surface area contributed by atoms with Crippen LogP contribution in [0.4, 0.5) is 5.69 Å². The molecule has 21 heavy (non-hydrogen) atoms. The number of nitrogens with one attached hydrogen (secondary N) is 2. The minimum atomic E-state index is -0.0720. The molecule has 3 rings (SSSR count). The maximum absolute atomic E-state index is 11.9. The zero-order valence-corrected chi connectivity index (χ0v) is 11.9. The molecule has 0 spiro atoms. The van der Waals surface area contributed by atoms with Gasteiger partial charge in [-0.25, -0.2) is 0 Å². The van der Waals surface area contributed by atoms with Crippen molar-refractivity contribution in [2.75, 3.05) is 38.3 Å². The SMILES string of the molecule is O=C(CNC1CCCOC1)Nc1ccc2c(c1)OCCO2. The molecule has 1 aromatic rings. The fraction of sp³-hybridized carbons (Fsp3) is 0.533. The number of hydrogen-bond donors (Lipinski definition) is 2. The first-order valence-corrected chi connectivity index (χ1v) is 7.32. The van der Waals surface area contributed by atoms with Gasteiger partial charge in [-0.05, 0) is 25.0 Å². The predicted octanol–water partition coefficient (Wildman–Crippen LogP) is 1.16. The predicted molar refractivity (Wildman–Crippen MR) is 77.9 cm³/mol. The van der Waals surface area contributed by atoms with Crippen LogP contribution in [0, 0.1) is 0 Å². The van der Waals surface area contributed by atoms with Crippen molar-refractivity contribution in [2.24, 2.45) is 0 Å². The van der Waals surface area contributed by atoms with Gasteiger partial charge in [0.05, 0.1) is 13.2 Å². The Labute approximate surface area is 123 Å². The monoisotopic (exact) mass is 292 g/mol. The summed E-state index contributed by atoms with van der Waals surface area (Å²) in [5.41, 5.74) is 0.714. The summed E-state index contributed by atoms with van der Waals surface area (Å²) in [7, 11) is 0. The van der Waals surface area contributed by atoms with E-state index in [1.165, 1.54) is 0 Å². The average Bonchev–Trinajstić information content (AvgIpc) is 2.54. The Balaban J connectivity index is 1.50. The van der Waals surface area contributed by atoms with Crippen molar-refractivity contribution < 1.29 is 19.0 Å². The molecule has 2 heterocycles. The summed E-state index contributed by atoms with van der Waals surface area (Å²) >= 11 is 0. The van der Waals surface area contributed by atoms with Crippen molar-refractivity contribution >= 4 is 11.6 Å². The maximum atomic E-state index is 11.9. The molecule has 2 aliphatic heterocycles. The van der Waals surface area contributed by atoms with E-state index in [0.29, 0.717) is 31.3 Å². The molecular weight excluding hydrogens is 272 g/mol. The van der Waals surface area contributed by atoms with E-state index in [4.69, 9.17) is 14.2 Å². The van der Waals surface area contributed by atoms with Crippen LogP contribution >= 0.6 is 0 Å². The molecular formula is C15H20N2O4. The summed E-state index contributed by atoms with van der Waals surface area (Å²) in [6.45, 7) is 2.88. The van der Waals surface area contributed by atoms with Gasteiger partial charge in [-0.15, -0.1) is 0 Å². The van der Waals surface area contributed by atoms with E-state index in [-0.39, 0.29) is 18.5 Å².